The molecule has 0 aromatic carbocycles. The van der Waals surface area contributed by atoms with E-state index in [1.54, 1.807) is 14.2 Å². The van der Waals surface area contributed by atoms with E-state index in [9.17, 15) is 0 Å². The molecule has 1 atom stereocenters. The number of guanidine groups is 1. The number of fused-ring (bicyclic) bond motifs is 1. The standard InChI is InChI=1S/C21H33N9O/c1-22-21(25-17-4-5-19-26-18(15-31-3)27-30(19)14-17)24-13-16-6-7-23-20(12-16)29-10-8-28(2)9-11-29/h6-7,12,17H,4-5,8-11,13-15H2,1-3H3,(H2,22,24,25). The van der Waals surface area contributed by atoms with Crippen LogP contribution in [-0.4, -0.2) is 84.0 Å². The number of aliphatic imine (C=N–C) groups is 1. The van der Waals surface area contributed by atoms with Gasteiger partial charge in [0.2, 0.25) is 0 Å². The predicted octanol–water partition coefficient (Wildman–Crippen LogP) is 0.251. The van der Waals surface area contributed by atoms with Crippen LogP contribution in [0, 0.1) is 0 Å². The Balaban J connectivity index is 1.30. The molecule has 2 aliphatic rings. The monoisotopic (exact) mass is 427 g/mol. The molecule has 2 aliphatic heterocycles. The van der Waals surface area contributed by atoms with Gasteiger partial charge in [0.15, 0.2) is 11.8 Å². The fraction of sp³-hybridized carbons (Fsp3) is 0.619. The summed E-state index contributed by atoms with van der Waals surface area (Å²) in [6.07, 6.45) is 3.78. The number of anilines is 1. The van der Waals surface area contributed by atoms with E-state index in [0.717, 1.165) is 69.0 Å². The van der Waals surface area contributed by atoms with Crippen molar-refractivity contribution in [3.05, 3.63) is 35.5 Å². The van der Waals surface area contributed by atoms with E-state index in [0.29, 0.717) is 13.2 Å². The van der Waals surface area contributed by atoms with Crippen LogP contribution >= 0.6 is 0 Å². The highest BCUT2D eigenvalue weighted by molar-refractivity contribution is 5.80. The highest BCUT2D eigenvalue weighted by Crippen LogP contribution is 2.15. The maximum atomic E-state index is 5.15. The third kappa shape index (κ3) is 5.50. The van der Waals surface area contributed by atoms with Gasteiger partial charge >= 0.3 is 0 Å². The number of ether oxygens (including phenoxy) is 1. The lowest BCUT2D eigenvalue weighted by molar-refractivity contribution is 0.177. The molecule has 0 spiro atoms. The second-order valence-electron chi connectivity index (χ2n) is 8.18. The summed E-state index contributed by atoms with van der Waals surface area (Å²) in [5, 5.41) is 11.5. The molecule has 4 heterocycles. The number of hydrogen-bond acceptors (Lipinski definition) is 7. The van der Waals surface area contributed by atoms with Crippen molar-refractivity contribution in [2.24, 2.45) is 4.99 Å². The fourth-order valence-corrected chi connectivity index (χ4v) is 4.02. The Morgan fingerprint density at radius 3 is 2.90 bits per heavy atom. The quantitative estimate of drug-likeness (QED) is 0.500. The summed E-state index contributed by atoms with van der Waals surface area (Å²) >= 11 is 0. The Kier molecular flexibility index (Phi) is 6.98. The van der Waals surface area contributed by atoms with Crippen molar-refractivity contribution in [2.45, 2.75) is 38.6 Å². The summed E-state index contributed by atoms with van der Waals surface area (Å²) in [4.78, 5) is 18.2. The Labute approximate surface area is 183 Å². The first kappa shape index (κ1) is 21.5. The van der Waals surface area contributed by atoms with Crippen LogP contribution in [0.25, 0.3) is 0 Å². The van der Waals surface area contributed by atoms with Gasteiger partial charge in [-0.15, -0.1) is 0 Å². The average Bonchev–Trinajstić information content (AvgIpc) is 3.19. The van der Waals surface area contributed by atoms with Crippen LogP contribution < -0.4 is 15.5 Å². The molecule has 168 valence electrons. The molecule has 0 amide bonds. The van der Waals surface area contributed by atoms with Crippen LogP contribution in [0.5, 0.6) is 0 Å². The predicted molar refractivity (Wildman–Crippen MR) is 120 cm³/mol. The molecule has 0 bridgehead atoms. The van der Waals surface area contributed by atoms with Gasteiger partial charge in [-0.2, -0.15) is 5.10 Å². The van der Waals surface area contributed by atoms with Gasteiger partial charge in [-0.3, -0.25) is 4.99 Å². The zero-order valence-corrected chi connectivity index (χ0v) is 18.7. The first-order valence-corrected chi connectivity index (χ1v) is 10.9. The normalized spacial score (nSPS) is 19.9. The molecule has 2 aromatic heterocycles. The van der Waals surface area contributed by atoms with Gasteiger partial charge in [0, 0.05) is 65.5 Å². The largest absolute Gasteiger partial charge is 0.377 e. The van der Waals surface area contributed by atoms with Crippen LogP contribution in [0.2, 0.25) is 0 Å². The van der Waals surface area contributed by atoms with E-state index in [-0.39, 0.29) is 6.04 Å². The maximum Gasteiger partial charge on any atom is 0.191 e. The molecule has 2 aromatic rings. The summed E-state index contributed by atoms with van der Waals surface area (Å²) in [5.74, 6) is 3.62. The SMILES string of the molecule is CN=C(NCc1ccnc(N2CCN(C)CC2)c1)NC1CCc2nc(COC)nn2C1. The lowest BCUT2D eigenvalue weighted by Crippen LogP contribution is -2.47. The zero-order valence-electron chi connectivity index (χ0n) is 18.7. The van der Waals surface area contributed by atoms with Gasteiger partial charge in [-0.05, 0) is 31.2 Å². The average molecular weight is 428 g/mol. The summed E-state index contributed by atoms with van der Waals surface area (Å²) in [6, 6.07) is 4.49. The Bertz CT molecular complexity index is 889. The summed E-state index contributed by atoms with van der Waals surface area (Å²) < 4.78 is 7.13. The van der Waals surface area contributed by atoms with Gasteiger partial charge < -0.3 is 25.2 Å². The van der Waals surface area contributed by atoms with Crippen LogP contribution in [0.3, 0.4) is 0 Å². The van der Waals surface area contributed by atoms with Crippen molar-refractivity contribution >= 4 is 11.8 Å². The Hall–Kier alpha value is -2.72. The van der Waals surface area contributed by atoms with Crippen molar-refractivity contribution in [1.82, 2.24) is 35.3 Å². The first-order chi connectivity index (χ1) is 15.1. The number of methoxy groups -OCH3 is 1. The second kappa shape index (κ2) is 10.1. The lowest BCUT2D eigenvalue weighted by Gasteiger charge is -2.33. The van der Waals surface area contributed by atoms with E-state index in [4.69, 9.17) is 4.74 Å². The molecule has 4 rings (SSSR count). The van der Waals surface area contributed by atoms with Crippen LogP contribution in [-0.2, 0) is 30.9 Å². The molecule has 0 saturated carbocycles. The number of nitrogens with one attached hydrogen (secondary N) is 2. The third-order valence-corrected chi connectivity index (χ3v) is 5.84. The van der Waals surface area contributed by atoms with Gasteiger partial charge in [0.1, 0.15) is 18.2 Å². The molecule has 0 radical (unpaired) electrons. The molecular formula is C21H33N9O. The molecule has 1 saturated heterocycles. The highest BCUT2D eigenvalue weighted by Gasteiger charge is 2.22. The number of nitrogens with zero attached hydrogens (tertiary/aromatic N) is 7. The third-order valence-electron chi connectivity index (χ3n) is 5.84. The Morgan fingerprint density at radius 2 is 2.13 bits per heavy atom. The second-order valence-corrected chi connectivity index (χ2v) is 8.18. The van der Waals surface area contributed by atoms with Gasteiger partial charge in [-0.1, -0.05) is 0 Å². The van der Waals surface area contributed by atoms with E-state index >= 15 is 0 Å². The molecule has 1 unspecified atom stereocenters. The van der Waals surface area contributed by atoms with Crippen molar-refractivity contribution < 1.29 is 4.74 Å². The van der Waals surface area contributed by atoms with Crippen molar-refractivity contribution in [3.8, 4) is 0 Å². The minimum Gasteiger partial charge on any atom is -0.377 e. The topological polar surface area (TPSA) is 95.7 Å². The summed E-state index contributed by atoms with van der Waals surface area (Å²) in [7, 11) is 5.63. The Morgan fingerprint density at radius 1 is 1.29 bits per heavy atom. The van der Waals surface area contributed by atoms with Gasteiger partial charge in [0.25, 0.3) is 0 Å². The number of pyridine rings is 1. The number of aryl methyl sites for hydroxylation is 1. The van der Waals surface area contributed by atoms with E-state index < -0.39 is 0 Å². The summed E-state index contributed by atoms with van der Waals surface area (Å²) in [6.45, 7) is 6.09. The van der Waals surface area contributed by atoms with Crippen molar-refractivity contribution in [3.63, 3.8) is 0 Å². The molecular weight excluding hydrogens is 394 g/mol. The first-order valence-electron chi connectivity index (χ1n) is 10.9. The van der Waals surface area contributed by atoms with Crippen LogP contribution in [0.4, 0.5) is 5.82 Å². The van der Waals surface area contributed by atoms with E-state index in [1.807, 2.05) is 10.9 Å². The van der Waals surface area contributed by atoms with E-state index in [1.165, 1.54) is 5.56 Å². The molecule has 1 fully saturated rings. The molecule has 10 nitrogen and oxygen atoms in total. The van der Waals surface area contributed by atoms with Crippen molar-refractivity contribution in [1.29, 1.82) is 0 Å². The van der Waals surface area contributed by atoms with Crippen LogP contribution in [0.15, 0.2) is 23.3 Å². The lowest BCUT2D eigenvalue weighted by atomic mass is 10.1. The van der Waals surface area contributed by atoms with Crippen molar-refractivity contribution in [2.75, 3.05) is 52.3 Å². The number of rotatable bonds is 6. The van der Waals surface area contributed by atoms with Gasteiger partial charge in [0.05, 0.1) is 6.54 Å². The number of piperazine rings is 1. The number of likely N-dealkylation sites (N-methyl/N-ethyl adjacent to an activating group) is 1. The minimum absolute atomic E-state index is 0.258. The molecule has 0 aliphatic carbocycles. The van der Waals surface area contributed by atoms with Crippen LogP contribution in [0.1, 0.15) is 23.6 Å². The highest BCUT2D eigenvalue weighted by atomic mass is 16.5. The molecule has 2 N–H and O–H groups in total. The number of hydrogen-bond donors (Lipinski definition) is 2. The smallest absolute Gasteiger partial charge is 0.191 e. The molecule has 31 heavy (non-hydrogen) atoms. The zero-order chi connectivity index (χ0) is 21.6. The number of aromatic nitrogens is 4. The van der Waals surface area contributed by atoms with E-state index in [2.05, 4.69) is 59.7 Å². The minimum atomic E-state index is 0.258. The summed E-state index contributed by atoms with van der Waals surface area (Å²) in [5.41, 5.74) is 1.19. The fourth-order valence-electron chi connectivity index (χ4n) is 4.02. The maximum absolute atomic E-state index is 5.15. The van der Waals surface area contributed by atoms with Gasteiger partial charge in [-0.25, -0.2) is 14.6 Å². The molecule has 10 heteroatoms.